The second-order valence-corrected chi connectivity index (χ2v) is 8.30. The fourth-order valence-corrected chi connectivity index (χ4v) is 3.86. The van der Waals surface area contributed by atoms with Crippen molar-refractivity contribution in [2.75, 3.05) is 5.32 Å². The average Bonchev–Trinajstić information content (AvgIpc) is 3.02. The van der Waals surface area contributed by atoms with Gasteiger partial charge in [-0.25, -0.2) is 4.98 Å². The number of thiazole rings is 1. The van der Waals surface area contributed by atoms with Crippen molar-refractivity contribution in [3.8, 4) is 11.3 Å². The van der Waals surface area contributed by atoms with E-state index in [9.17, 15) is 4.79 Å². The summed E-state index contributed by atoms with van der Waals surface area (Å²) in [6, 6.07) is 16.3. The monoisotopic (exact) mass is 378 g/mol. The summed E-state index contributed by atoms with van der Waals surface area (Å²) in [6.45, 7) is 8.56. The SMILES string of the molecule is CCCc1ccc(C(=O)Nc2nc(-c3ccc(C(C)C)cc3)c(C)s2)cc1. The maximum absolute atomic E-state index is 12.5. The number of aromatic nitrogens is 1. The number of rotatable bonds is 6. The van der Waals surface area contributed by atoms with Crippen LogP contribution in [0.3, 0.4) is 0 Å². The van der Waals surface area contributed by atoms with Gasteiger partial charge in [-0.1, -0.05) is 63.6 Å². The van der Waals surface area contributed by atoms with Crippen molar-refractivity contribution in [2.24, 2.45) is 0 Å². The molecule has 27 heavy (non-hydrogen) atoms. The van der Waals surface area contributed by atoms with Crippen LogP contribution >= 0.6 is 11.3 Å². The van der Waals surface area contributed by atoms with E-state index in [-0.39, 0.29) is 5.91 Å². The van der Waals surface area contributed by atoms with Crippen molar-refractivity contribution in [3.63, 3.8) is 0 Å². The smallest absolute Gasteiger partial charge is 0.257 e. The molecule has 0 saturated heterocycles. The lowest BCUT2D eigenvalue weighted by Crippen LogP contribution is -2.11. The Hall–Kier alpha value is -2.46. The fraction of sp³-hybridized carbons (Fsp3) is 0.304. The molecular weight excluding hydrogens is 352 g/mol. The number of nitrogens with zero attached hydrogens (tertiary/aromatic N) is 1. The van der Waals surface area contributed by atoms with Crippen molar-refractivity contribution in [2.45, 2.75) is 46.5 Å². The molecule has 0 saturated carbocycles. The summed E-state index contributed by atoms with van der Waals surface area (Å²) in [4.78, 5) is 18.3. The quantitative estimate of drug-likeness (QED) is 0.536. The van der Waals surface area contributed by atoms with Crippen LogP contribution in [0.25, 0.3) is 11.3 Å². The van der Waals surface area contributed by atoms with Gasteiger partial charge in [0.25, 0.3) is 5.91 Å². The van der Waals surface area contributed by atoms with Gasteiger partial charge in [-0.15, -0.1) is 11.3 Å². The van der Waals surface area contributed by atoms with Gasteiger partial charge in [0.05, 0.1) is 5.69 Å². The van der Waals surface area contributed by atoms with Crippen LogP contribution in [0.4, 0.5) is 5.13 Å². The van der Waals surface area contributed by atoms with Gasteiger partial charge in [-0.2, -0.15) is 0 Å². The van der Waals surface area contributed by atoms with Crippen molar-refractivity contribution in [1.82, 2.24) is 4.98 Å². The summed E-state index contributed by atoms with van der Waals surface area (Å²) in [6.07, 6.45) is 2.14. The van der Waals surface area contributed by atoms with E-state index in [1.165, 1.54) is 22.5 Å². The second-order valence-electron chi connectivity index (χ2n) is 7.10. The van der Waals surface area contributed by atoms with Gasteiger partial charge in [0, 0.05) is 16.0 Å². The largest absolute Gasteiger partial charge is 0.298 e. The molecule has 0 unspecified atom stereocenters. The van der Waals surface area contributed by atoms with Gasteiger partial charge in [0.2, 0.25) is 0 Å². The highest BCUT2D eigenvalue weighted by Gasteiger charge is 2.13. The molecule has 0 bridgehead atoms. The van der Waals surface area contributed by atoms with E-state index in [2.05, 4.69) is 55.3 Å². The van der Waals surface area contributed by atoms with E-state index in [0.29, 0.717) is 16.6 Å². The molecule has 1 amide bonds. The summed E-state index contributed by atoms with van der Waals surface area (Å²) >= 11 is 1.51. The molecule has 0 aliphatic carbocycles. The highest BCUT2D eigenvalue weighted by Crippen LogP contribution is 2.31. The Morgan fingerprint density at radius 3 is 2.33 bits per heavy atom. The summed E-state index contributed by atoms with van der Waals surface area (Å²) in [5, 5.41) is 3.58. The van der Waals surface area contributed by atoms with E-state index >= 15 is 0 Å². The van der Waals surface area contributed by atoms with Gasteiger partial charge in [-0.05, 0) is 42.5 Å². The summed E-state index contributed by atoms with van der Waals surface area (Å²) in [5.74, 6) is 0.391. The van der Waals surface area contributed by atoms with Crippen LogP contribution in [0.1, 0.15) is 59.5 Å². The molecule has 140 valence electrons. The first-order valence-corrected chi connectivity index (χ1v) is 10.3. The average molecular weight is 379 g/mol. The van der Waals surface area contributed by atoms with Crippen LogP contribution in [0, 0.1) is 6.92 Å². The molecule has 0 fully saturated rings. The third-order valence-electron chi connectivity index (χ3n) is 4.62. The van der Waals surface area contributed by atoms with Crippen LogP contribution in [0.15, 0.2) is 48.5 Å². The predicted octanol–water partition coefficient (Wildman–Crippen LogP) is 6.45. The lowest BCUT2D eigenvalue weighted by Gasteiger charge is -2.06. The Morgan fingerprint density at radius 1 is 1.07 bits per heavy atom. The van der Waals surface area contributed by atoms with E-state index in [0.717, 1.165) is 29.0 Å². The molecule has 3 nitrogen and oxygen atoms in total. The number of amides is 1. The zero-order valence-corrected chi connectivity index (χ0v) is 17.2. The Balaban J connectivity index is 1.74. The zero-order chi connectivity index (χ0) is 19.4. The fourth-order valence-electron chi connectivity index (χ4n) is 3.02. The van der Waals surface area contributed by atoms with Crippen LogP contribution in [-0.2, 0) is 6.42 Å². The number of hydrogen-bond acceptors (Lipinski definition) is 3. The van der Waals surface area contributed by atoms with Gasteiger partial charge < -0.3 is 0 Å². The zero-order valence-electron chi connectivity index (χ0n) is 16.4. The predicted molar refractivity (Wildman–Crippen MR) is 115 cm³/mol. The first-order valence-electron chi connectivity index (χ1n) is 9.46. The van der Waals surface area contributed by atoms with Gasteiger partial charge in [0.1, 0.15) is 0 Å². The van der Waals surface area contributed by atoms with Crippen molar-refractivity contribution in [1.29, 1.82) is 0 Å². The minimum absolute atomic E-state index is 0.117. The number of carbonyl (C=O) groups is 1. The summed E-state index contributed by atoms with van der Waals surface area (Å²) < 4.78 is 0. The third kappa shape index (κ3) is 4.64. The maximum Gasteiger partial charge on any atom is 0.257 e. The summed E-state index contributed by atoms with van der Waals surface area (Å²) in [5.41, 5.74) is 5.24. The van der Waals surface area contributed by atoms with Gasteiger partial charge in [-0.3, -0.25) is 10.1 Å². The molecule has 1 aromatic heterocycles. The van der Waals surface area contributed by atoms with Gasteiger partial charge >= 0.3 is 0 Å². The van der Waals surface area contributed by atoms with Crippen LogP contribution in [-0.4, -0.2) is 10.9 Å². The molecule has 0 atom stereocenters. The van der Waals surface area contributed by atoms with E-state index in [1.807, 2.05) is 31.2 Å². The number of aryl methyl sites for hydroxylation is 2. The Kier molecular flexibility index (Phi) is 6.07. The second kappa shape index (κ2) is 8.49. The molecule has 1 N–H and O–H groups in total. The van der Waals surface area contributed by atoms with Gasteiger partial charge in [0.15, 0.2) is 5.13 Å². The topological polar surface area (TPSA) is 42.0 Å². The first kappa shape index (κ1) is 19.3. The minimum atomic E-state index is -0.117. The number of carbonyl (C=O) groups excluding carboxylic acids is 1. The number of nitrogens with one attached hydrogen (secondary N) is 1. The molecule has 0 radical (unpaired) electrons. The molecule has 3 aromatic rings. The molecule has 4 heteroatoms. The molecule has 1 heterocycles. The number of anilines is 1. The first-order chi connectivity index (χ1) is 13.0. The summed E-state index contributed by atoms with van der Waals surface area (Å²) in [7, 11) is 0. The van der Waals surface area contributed by atoms with Crippen molar-refractivity contribution >= 4 is 22.4 Å². The standard InChI is InChI=1S/C23H26N2OS/c1-5-6-17-7-9-20(10-8-17)22(26)25-23-24-21(16(4)27-23)19-13-11-18(12-14-19)15(2)3/h7-15H,5-6H2,1-4H3,(H,24,25,26). The molecule has 0 spiro atoms. The maximum atomic E-state index is 12.5. The lowest BCUT2D eigenvalue weighted by molar-refractivity contribution is 0.102. The third-order valence-corrected chi connectivity index (χ3v) is 5.51. The Bertz CT molecular complexity index is 909. The molecular formula is C23H26N2OS. The number of benzene rings is 2. The highest BCUT2D eigenvalue weighted by atomic mass is 32.1. The molecule has 0 aliphatic heterocycles. The molecule has 0 aliphatic rings. The Labute approximate surface area is 165 Å². The van der Waals surface area contributed by atoms with Crippen molar-refractivity contribution in [3.05, 3.63) is 70.1 Å². The van der Waals surface area contributed by atoms with E-state index in [1.54, 1.807) is 0 Å². The molecule has 3 rings (SSSR count). The Morgan fingerprint density at radius 2 is 1.74 bits per heavy atom. The molecule has 2 aromatic carbocycles. The van der Waals surface area contributed by atoms with Crippen LogP contribution in [0.2, 0.25) is 0 Å². The minimum Gasteiger partial charge on any atom is -0.298 e. The van der Waals surface area contributed by atoms with Crippen LogP contribution < -0.4 is 5.32 Å². The normalized spacial score (nSPS) is 11.0. The van der Waals surface area contributed by atoms with Crippen LogP contribution in [0.5, 0.6) is 0 Å². The lowest BCUT2D eigenvalue weighted by atomic mass is 10.0. The van der Waals surface area contributed by atoms with E-state index < -0.39 is 0 Å². The van der Waals surface area contributed by atoms with Crippen molar-refractivity contribution < 1.29 is 4.79 Å². The highest BCUT2D eigenvalue weighted by molar-refractivity contribution is 7.16. The van der Waals surface area contributed by atoms with E-state index in [4.69, 9.17) is 0 Å². The number of hydrogen-bond donors (Lipinski definition) is 1.